The van der Waals surface area contributed by atoms with Crippen LogP contribution in [-0.4, -0.2) is 45.9 Å². The summed E-state index contributed by atoms with van der Waals surface area (Å²) in [7, 11) is 1.63. The molecule has 0 spiro atoms. The Morgan fingerprint density at radius 2 is 2.00 bits per heavy atom. The maximum Gasteiger partial charge on any atom is 0.274 e. The predicted molar refractivity (Wildman–Crippen MR) is 94.4 cm³/mol. The molecule has 2 fully saturated rings. The first-order valence-corrected chi connectivity index (χ1v) is 9.01. The fourth-order valence-electron chi connectivity index (χ4n) is 4.16. The van der Waals surface area contributed by atoms with Crippen LogP contribution >= 0.6 is 0 Å². The van der Waals surface area contributed by atoms with E-state index in [9.17, 15) is 9.59 Å². The van der Waals surface area contributed by atoms with Crippen molar-refractivity contribution in [2.45, 2.75) is 44.2 Å². The van der Waals surface area contributed by atoms with Crippen LogP contribution in [0, 0.1) is 0 Å². The van der Waals surface area contributed by atoms with Gasteiger partial charge in [-0.15, -0.1) is 0 Å². The van der Waals surface area contributed by atoms with Gasteiger partial charge in [0.05, 0.1) is 36.3 Å². The van der Waals surface area contributed by atoms with Gasteiger partial charge in [-0.05, 0) is 18.9 Å². The largest absolute Gasteiger partial charge is 0.374 e. The van der Waals surface area contributed by atoms with E-state index in [0.717, 1.165) is 24.6 Å². The van der Waals surface area contributed by atoms with E-state index in [1.807, 2.05) is 23.1 Å². The number of hydrogen-bond acceptors (Lipinski definition) is 4. The highest BCUT2D eigenvalue weighted by Gasteiger charge is 2.36. The lowest BCUT2D eigenvalue weighted by Gasteiger charge is -2.43. The molecule has 2 aromatic rings. The number of nitrogens with zero attached hydrogens (tertiary/aromatic N) is 3. The number of fused-ring (bicyclic) bond motifs is 2. The van der Waals surface area contributed by atoms with Crippen molar-refractivity contribution >= 4 is 16.7 Å². The summed E-state index contributed by atoms with van der Waals surface area (Å²) < 4.78 is 7.19. The topological polar surface area (TPSA) is 64.4 Å². The number of morpholine rings is 1. The lowest BCUT2D eigenvalue weighted by molar-refractivity contribution is -0.148. The summed E-state index contributed by atoms with van der Waals surface area (Å²) in [5.41, 5.74) is 0.534. The van der Waals surface area contributed by atoms with E-state index in [-0.39, 0.29) is 30.0 Å². The number of hydrogen-bond donors (Lipinski definition) is 0. The van der Waals surface area contributed by atoms with E-state index in [0.29, 0.717) is 24.2 Å². The number of amides is 1. The van der Waals surface area contributed by atoms with E-state index in [4.69, 9.17) is 4.74 Å². The van der Waals surface area contributed by atoms with Crippen molar-refractivity contribution in [3.63, 3.8) is 0 Å². The van der Waals surface area contributed by atoms with Gasteiger partial charge in [-0.3, -0.25) is 9.59 Å². The average Bonchev–Trinajstić information content (AvgIpc) is 2.65. The van der Waals surface area contributed by atoms with Crippen molar-refractivity contribution in [2.24, 2.45) is 7.05 Å². The molecule has 1 saturated carbocycles. The standard InChI is InChI=1S/C19H23N3O3/c1-21-19(24)14-7-3-2-6-13(14)15(20-21)12-18(23)22-10-11-25-17-9-5-4-8-16(17)22/h2-3,6-7,16-17H,4-5,8-12H2,1H3/t16-,17+/m0/s1. The maximum atomic E-state index is 13.0. The lowest BCUT2D eigenvalue weighted by atomic mass is 9.90. The van der Waals surface area contributed by atoms with Crippen molar-refractivity contribution < 1.29 is 9.53 Å². The number of aryl methyl sites for hydroxylation is 1. The second kappa shape index (κ2) is 6.59. The van der Waals surface area contributed by atoms with Gasteiger partial charge in [-0.25, -0.2) is 4.68 Å². The minimum Gasteiger partial charge on any atom is -0.374 e. The molecule has 2 heterocycles. The summed E-state index contributed by atoms with van der Waals surface area (Å²) >= 11 is 0. The number of benzene rings is 1. The molecule has 1 aromatic heterocycles. The molecule has 0 unspecified atom stereocenters. The zero-order valence-electron chi connectivity index (χ0n) is 14.5. The summed E-state index contributed by atoms with van der Waals surface area (Å²) in [6, 6.07) is 7.57. The van der Waals surface area contributed by atoms with Crippen molar-refractivity contribution in [3.05, 3.63) is 40.3 Å². The van der Waals surface area contributed by atoms with Crippen molar-refractivity contribution in [3.8, 4) is 0 Å². The highest BCUT2D eigenvalue weighted by Crippen LogP contribution is 2.29. The molecule has 1 aromatic carbocycles. The van der Waals surface area contributed by atoms with Crippen LogP contribution in [0.1, 0.15) is 31.4 Å². The number of carbonyl (C=O) groups excluding carboxylic acids is 1. The molecule has 25 heavy (non-hydrogen) atoms. The Bertz CT molecular complexity index is 859. The van der Waals surface area contributed by atoms with Crippen LogP contribution in [0.15, 0.2) is 29.1 Å². The second-order valence-corrected chi connectivity index (χ2v) is 6.95. The molecule has 1 aliphatic carbocycles. The number of rotatable bonds is 2. The van der Waals surface area contributed by atoms with Gasteiger partial charge in [-0.1, -0.05) is 31.0 Å². The number of ether oxygens (including phenoxy) is 1. The van der Waals surface area contributed by atoms with Gasteiger partial charge in [0.1, 0.15) is 0 Å². The third kappa shape index (κ3) is 2.95. The van der Waals surface area contributed by atoms with Crippen molar-refractivity contribution in [2.75, 3.05) is 13.2 Å². The molecule has 6 nitrogen and oxygen atoms in total. The molecule has 4 rings (SSSR count). The Hall–Kier alpha value is -2.21. The first-order chi connectivity index (χ1) is 12.1. The highest BCUT2D eigenvalue weighted by atomic mass is 16.5. The molecule has 6 heteroatoms. The van der Waals surface area contributed by atoms with Crippen LogP contribution in [0.4, 0.5) is 0 Å². The monoisotopic (exact) mass is 341 g/mol. The Morgan fingerprint density at radius 1 is 1.24 bits per heavy atom. The molecular weight excluding hydrogens is 318 g/mol. The summed E-state index contributed by atoms with van der Waals surface area (Å²) in [6.45, 7) is 1.25. The average molecular weight is 341 g/mol. The molecule has 0 N–H and O–H groups in total. The van der Waals surface area contributed by atoms with Gasteiger partial charge in [0.25, 0.3) is 5.56 Å². The van der Waals surface area contributed by atoms with Gasteiger partial charge >= 0.3 is 0 Å². The van der Waals surface area contributed by atoms with Gasteiger partial charge in [-0.2, -0.15) is 5.10 Å². The molecule has 132 valence electrons. The molecule has 1 amide bonds. The quantitative estimate of drug-likeness (QED) is 0.833. The Kier molecular flexibility index (Phi) is 4.29. The minimum absolute atomic E-state index is 0.0801. The Labute approximate surface area is 146 Å². The van der Waals surface area contributed by atoms with Crippen LogP contribution in [0.2, 0.25) is 0 Å². The SMILES string of the molecule is Cn1nc(CC(=O)N2CCO[C@@H]3CCCC[C@@H]32)c2ccccc2c1=O. The normalized spacial score (nSPS) is 23.5. The smallest absolute Gasteiger partial charge is 0.274 e. The van der Waals surface area contributed by atoms with Crippen LogP contribution in [-0.2, 0) is 23.0 Å². The van der Waals surface area contributed by atoms with Crippen molar-refractivity contribution in [1.82, 2.24) is 14.7 Å². The number of aromatic nitrogens is 2. The van der Waals surface area contributed by atoms with Crippen LogP contribution in [0.5, 0.6) is 0 Å². The lowest BCUT2D eigenvalue weighted by Crippen LogP contribution is -2.55. The number of carbonyl (C=O) groups is 1. The second-order valence-electron chi connectivity index (χ2n) is 6.95. The fraction of sp³-hybridized carbons (Fsp3) is 0.526. The molecule has 2 aliphatic rings. The van der Waals surface area contributed by atoms with Crippen LogP contribution in [0.3, 0.4) is 0 Å². The third-order valence-corrected chi connectivity index (χ3v) is 5.40. The van der Waals surface area contributed by atoms with Crippen LogP contribution in [0.25, 0.3) is 10.8 Å². The van der Waals surface area contributed by atoms with Gasteiger partial charge in [0.15, 0.2) is 0 Å². The molecule has 0 radical (unpaired) electrons. The van der Waals surface area contributed by atoms with Gasteiger partial charge < -0.3 is 9.64 Å². The molecule has 1 saturated heterocycles. The Morgan fingerprint density at radius 3 is 2.84 bits per heavy atom. The Balaban J connectivity index is 1.64. The zero-order valence-corrected chi connectivity index (χ0v) is 14.5. The zero-order chi connectivity index (χ0) is 17.4. The van der Waals surface area contributed by atoms with E-state index in [1.165, 1.54) is 11.1 Å². The minimum atomic E-state index is -0.134. The first-order valence-electron chi connectivity index (χ1n) is 9.01. The summed E-state index contributed by atoms with van der Waals surface area (Å²) in [5, 5.41) is 5.75. The fourth-order valence-corrected chi connectivity index (χ4v) is 4.16. The summed E-state index contributed by atoms with van der Waals surface area (Å²) in [4.78, 5) is 27.2. The molecule has 1 aliphatic heterocycles. The highest BCUT2D eigenvalue weighted by molar-refractivity contribution is 5.88. The maximum absolute atomic E-state index is 13.0. The van der Waals surface area contributed by atoms with E-state index in [1.54, 1.807) is 13.1 Å². The first kappa shape index (κ1) is 16.3. The third-order valence-electron chi connectivity index (χ3n) is 5.40. The van der Waals surface area contributed by atoms with Gasteiger partial charge in [0.2, 0.25) is 5.91 Å². The van der Waals surface area contributed by atoms with Crippen molar-refractivity contribution in [1.29, 1.82) is 0 Å². The van der Waals surface area contributed by atoms with E-state index >= 15 is 0 Å². The van der Waals surface area contributed by atoms with E-state index in [2.05, 4.69) is 5.10 Å². The van der Waals surface area contributed by atoms with Crippen LogP contribution < -0.4 is 5.56 Å². The predicted octanol–water partition coefficient (Wildman–Crippen LogP) is 1.65. The summed E-state index contributed by atoms with van der Waals surface area (Å²) in [6.07, 6.45) is 4.77. The summed E-state index contributed by atoms with van der Waals surface area (Å²) in [5.74, 6) is 0.0801. The molecular formula is C19H23N3O3. The molecule has 2 atom stereocenters. The molecule has 0 bridgehead atoms. The van der Waals surface area contributed by atoms with E-state index < -0.39 is 0 Å². The van der Waals surface area contributed by atoms with Gasteiger partial charge in [0, 0.05) is 19.0 Å².